The van der Waals surface area contributed by atoms with Gasteiger partial charge in [0, 0.05) is 31.7 Å². The zero-order chi connectivity index (χ0) is 71.8. The van der Waals surface area contributed by atoms with Crippen molar-refractivity contribution in [2.45, 2.75) is 118 Å². The van der Waals surface area contributed by atoms with E-state index in [1.54, 1.807) is 0 Å². The van der Waals surface area contributed by atoms with Gasteiger partial charge in [-0.2, -0.15) is 0 Å². The summed E-state index contributed by atoms with van der Waals surface area (Å²) in [6.45, 7) is 29.1. The third-order valence-corrected chi connectivity index (χ3v) is 24.5. The summed E-state index contributed by atoms with van der Waals surface area (Å²) in [5.74, 6) is 1.96. The molecule has 1 nitrogen and oxygen atoms in total. The van der Waals surface area contributed by atoms with Crippen LogP contribution in [0.3, 0.4) is 0 Å². The molecular formula is C98H100OSSi. The Kier molecular flexibility index (Phi) is 26.8. The van der Waals surface area contributed by atoms with Crippen LogP contribution in [0.1, 0.15) is 119 Å². The minimum Gasteiger partial charge on any atom is -0.457 e. The summed E-state index contributed by atoms with van der Waals surface area (Å²) >= 11 is 1.88. The molecule has 15 aromatic carbocycles. The van der Waals surface area contributed by atoms with Gasteiger partial charge in [-0.25, -0.2) is 0 Å². The summed E-state index contributed by atoms with van der Waals surface area (Å²) in [5.41, 5.74) is 11.0. The quantitative estimate of drug-likeness (QED) is 0.0987. The van der Waals surface area contributed by atoms with E-state index in [0.717, 1.165) is 11.5 Å². The Balaban J connectivity index is 0.000000144. The van der Waals surface area contributed by atoms with E-state index in [1.807, 2.05) is 105 Å². The molecule has 3 aliphatic rings. The van der Waals surface area contributed by atoms with Crippen LogP contribution >= 0.6 is 11.8 Å². The molecule has 2 aliphatic heterocycles. The molecule has 0 unspecified atom stereocenters. The van der Waals surface area contributed by atoms with Gasteiger partial charge in [0.15, 0.2) is 8.07 Å². The lowest BCUT2D eigenvalue weighted by Gasteiger charge is -2.34. The Morgan fingerprint density at radius 3 is 0.782 bits per heavy atom. The Bertz CT molecular complexity index is 4420. The molecule has 101 heavy (non-hydrogen) atoms. The molecule has 0 atom stereocenters. The van der Waals surface area contributed by atoms with Crippen LogP contribution < -0.4 is 25.5 Å². The van der Waals surface area contributed by atoms with Gasteiger partial charge in [0.05, 0.1) is 0 Å². The van der Waals surface area contributed by atoms with Gasteiger partial charge in [-0.05, 0) is 121 Å². The number of rotatable bonds is 4. The maximum absolute atomic E-state index is 5.91. The number of benzene rings is 15. The molecule has 2 heterocycles. The second-order valence-corrected chi connectivity index (χ2v) is 29.4. The summed E-state index contributed by atoms with van der Waals surface area (Å²) in [7, 11) is -2.30. The summed E-state index contributed by atoms with van der Waals surface area (Å²) in [4.78, 5) is 2.79. The van der Waals surface area contributed by atoms with Crippen molar-refractivity contribution in [1.29, 1.82) is 0 Å². The van der Waals surface area contributed by atoms with E-state index in [2.05, 4.69) is 355 Å². The molecule has 0 radical (unpaired) electrons. The minimum absolute atomic E-state index is 0.0193. The lowest BCUT2D eigenvalue weighted by Crippen LogP contribution is -2.74. The highest BCUT2D eigenvalue weighted by atomic mass is 32.2. The van der Waals surface area contributed by atoms with E-state index in [0.29, 0.717) is 0 Å². The molecule has 508 valence electrons. The Morgan fingerprint density at radius 2 is 0.465 bits per heavy atom. The molecule has 0 saturated carbocycles. The topological polar surface area (TPSA) is 9.23 Å². The average molecular weight is 1350 g/mol. The van der Waals surface area contributed by atoms with Gasteiger partial charge < -0.3 is 4.74 Å². The Morgan fingerprint density at radius 1 is 0.228 bits per heavy atom. The van der Waals surface area contributed by atoms with Crippen molar-refractivity contribution in [1.82, 2.24) is 0 Å². The number of para-hydroxylation sites is 2. The zero-order valence-electron chi connectivity index (χ0n) is 61.8. The highest BCUT2D eigenvalue weighted by Gasteiger charge is 2.41. The van der Waals surface area contributed by atoms with Crippen LogP contribution in [0, 0.1) is 0 Å². The Hall–Kier alpha value is -10.3. The number of fused-ring (bicyclic) bond motifs is 13. The molecule has 0 bridgehead atoms. The number of hydrogen-bond acceptors (Lipinski definition) is 2. The fourth-order valence-corrected chi connectivity index (χ4v) is 20.3. The van der Waals surface area contributed by atoms with Crippen LogP contribution in [0.15, 0.2) is 362 Å². The SMILES string of the molecule is CC.CC.CC.CC.CC.CC1(C)c2ccccc2Oc2ccccc21.CC1(C)c2ccccc2Sc2ccccc21.c1ccc([Si](c2ccccc2)(c2ccccc2)c2ccccc2)cc1.c1ccc2c(c1)-c1cccc3cccc-2c13.c1ccc2c(c1)c1ccccc1c1ccccc21. The van der Waals surface area contributed by atoms with E-state index >= 15 is 0 Å². The standard InChI is InChI=1S/C24H20Si.C18H12.C16H10.C15H14O.C15H14S.5C2H6/c1-5-13-21(14-6-1)25(22-15-7-2-8-16-22,23-17-9-3-10-18-23)24-19-11-4-12-20-24;1-2-8-14-13(7-1)15-9-3-4-11-17(15)18-12-6-5-10-16(14)18;1-2-8-13-12(7-1)14-9-3-5-11-6-4-10-15(13)16(11)14;2*1-15(2)11-7-3-5-9-13(11)16-14-10-6-4-8-12(14)15;5*1-2/h1-20H;1-12H;1-10H;2*3-10H,1-2H3;5*1-2H3. The van der Waals surface area contributed by atoms with Crippen LogP contribution in [-0.4, -0.2) is 8.07 Å². The summed E-state index contributed by atoms with van der Waals surface area (Å²) in [6.07, 6.45) is 0. The lowest BCUT2D eigenvalue weighted by molar-refractivity contribution is 0.418. The van der Waals surface area contributed by atoms with Crippen molar-refractivity contribution >= 4 is 83.7 Å². The summed E-state index contributed by atoms with van der Waals surface area (Å²) in [5, 5.41) is 16.4. The third kappa shape index (κ3) is 15.7. The van der Waals surface area contributed by atoms with Crippen LogP contribution in [0.4, 0.5) is 0 Å². The monoisotopic (exact) mass is 1350 g/mol. The van der Waals surface area contributed by atoms with Crippen LogP contribution in [-0.2, 0) is 10.8 Å². The maximum Gasteiger partial charge on any atom is 0.179 e. The van der Waals surface area contributed by atoms with E-state index in [1.165, 1.54) is 118 Å². The molecule has 3 heteroatoms. The number of hydrogen-bond donors (Lipinski definition) is 0. The minimum atomic E-state index is -2.30. The smallest absolute Gasteiger partial charge is 0.179 e. The van der Waals surface area contributed by atoms with Crippen LogP contribution in [0.5, 0.6) is 11.5 Å². The van der Waals surface area contributed by atoms with Crippen molar-refractivity contribution in [2.24, 2.45) is 0 Å². The van der Waals surface area contributed by atoms with Gasteiger partial charge in [0.2, 0.25) is 0 Å². The average Bonchev–Trinajstić information content (AvgIpc) is 1.75. The molecule has 0 saturated heterocycles. The largest absolute Gasteiger partial charge is 0.457 e. The molecule has 15 aromatic rings. The van der Waals surface area contributed by atoms with E-state index in [4.69, 9.17) is 4.74 Å². The highest BCUT2D eigenvalue weighted by Crippen LogP contribution is 2.50. The van der Waals surface area contributed by atoms with E-state index < -0.39 is 8.07 Å². The first-order valence-corrected chi connectivity index (χ1v) is 39.4. The molecule has 0 amide bonds. The molecule has 0 aromatic heterocycles. The van der Waals surface area contributed by atoms with Crippen molar-refractivity contribution < 1.29 is 4.74 Å². The normalized spacial score (nSPS) is 12.1. The van der Waals surface area contributed by atoms with Crippen molar-refractivity contribution in [2.75, 3.05) is 0 Å². The zero-order valence-corrected chi connectivity index (χ0v) is 63.6. The first-order valence-electron chi connectivity index (χ1n) is 36.6. The third-order valence-electron chi connectivity index (χ3n) is 18.6. The van der Waals surface area contributed by atoms with Gasteiger partial charge in [-0.3, -0.25) is 0 Å². The van der Waals surface area contributed by atoms with Gasteiger partial charge >= 0.3 is 0 Å². The molecule has 0 fully saturated rings. The van der Waals surface area contributed by atoms with Crippen LogP contribution in [0.2, 0.25) is 0 Å². The van der Waals surface area contributed by atoms with Gasteiger partial charge in [0.25, 0.3) is 0 Å². The Labute approximate surface area is 609 Å². The second-order valence-electron chi connectivity index (χ2n) is 24.5. The molecular weight excluding hydrogens is 1250 g/mol. The number of ether oxygens (including phenoxy) is 1. The van der Waals surface area contributed by atoms with Crippen molar-refractivity contribution in [3.8, 4) is 33.8 Å². The predicted molar refractivity (Wildman–Crippen MR) is 448 cm³/mol. The second kappa shape index (κ2) is 36.2. The predicted octanol–water partition coefficient (Wildman–Crippen LogP) is 26.4. The lowest BCUT2D eigenvalue weighted by atomic mass is 9.76. The summed E-state index contributed by atoms with van der Waals surface area (Å²) < 4.78 is 5.91. The van der Waals surface area contributed by atoms with Crippen molar-refractivity contribution in [3.63, 3.8) is 0 Å². The van der Waals surface area contributed by atoms with Gasteiger partial charge in [-0.1, -0.05) is 436 Å². The highest BCUT2D eigenvalue weighted by molar-refractivity contribution is 7.99. The van der Waals surface area contributed by atoms with Crippen LogP contribution in [0.25, 0.3) is 65.3 Å². The summed E-state index contributed by atoms with van der Waals surface area (Å²) in [6, 6.07) is 126. The van der Waals surface area contributed by atoms with Gasteiger partial charge in [0.1, 0.15) is 11.5 Å². The van der Waals surface area contributed by atoms with Gasteiger partial charge in [-0.15, -0.1) is 0 Å². The molecule has 1 aliphatic carbocycles. The van der Waals surface area contributed by atoms with Crippen molar-refractivity contribution in [3.05, 3.63) is 374 Å². The van der Waals surface area contributed by atoms with E-state index in [-0.39, 0.29) is 10.8 Å². The first kappa shape index (κ1) is 74.9. The van der Waals surface area contributed by atoms with E-state index in [9.17, 15) is 0 Å². The molecule has 0 N–H and O–H groups in total. The molecule has 18 rings (SSSR count). The molecule has 0 spiro atoms. The first-order chi connectivity index (χ1) is 49.7. The maximum atomic E-state index is 5.91. The fourth-order valence-electron chi connectivity index (χ4n) is 14.2. The fraction of sp³-hybridized carbons (Fsp3) is 0.163.